The van der Waals surface area contributed by atoms with Crippen LogP contribution in [-0.2, 0) is 16.6 Å². The van der Waals surface area contributed by atoms with Gasteiger partial charge in [0.2, 0.25) is 10.0 Å². The average molecular weight is 395 g/mol. The molecule has 2 aromatic rings. The van der Waals surface area contributed by atoms with E-state index in [9.17, 15) is 8.42 Å². The lowest BCUT2D eigenvalue weighted by molar-refractivity contribution is 0.353. The molecule has 6 nitrogen and oxygen atoms in total. The molecule has 0 aliphatic heterocycles. The Morgan fingerprint density at radius 2 is 1.81 bits per heavy atom. The fraction of sp³-hybridized carbons (Fsp3) is 0.278. The molecule has 0 aromatic heterocycles. The van der Waals surface area contributed by atoms with Crippen molar-refractivity contribution >= 4 is 21.6 Å². The van der Waals surface area contributed by atoms with Crippen molar-refractivity contribution in [1.82, 2.24) is 4.31 Å². The molecule has 0 unspecified atom stereocenters. The molecule has 138 valence electrons. The van der Waals surface area contributed by atoms with Gasteiger partial charge in [0.25, 0.3) is 0 Å². The summed E-state index contributed by atoms with van der Waals surface area (Å²) in [7, 11) is -0.705. The van der Waals surface area contributed by atoms with E-state index < -0.39 is 10.0 Å². The van der Waals surface area contributed by atoms with Gasteiger partial charge in [0, 0.05) is 13.1 Å². The minimum atomic E-state index is -3.76. The van der Waals surface area contributed by atoms with Gasteiger partial charge in [-0.05, 0) is 35.9 Å². The summed E-state index contributed by atoms with van der Waals surface area (Å²) in [6.07, 6.45) is 0. The van der Waals surface area contributed by atoms with Crippen LogP contribution in [0.25, 0.3) is 0 Å². The molecule has 0 heterocycles. The molecule has 8 heteroatoms. The predicted molar refractivity (Wildman–Crippen MR) is 99.0 cm³/mol. The predicted octanol–water partition coefficient (Wildman–Crippen LogP) is 3.44. The van der Waals surface area contributed by atoms with Crippen molar-refractivity contribution in [2.75, 3.05) is 20.8 Å². The number of nitrogens with zero attached hydrogens (tertiary/aromatic N) is 2. The minimum absolute atomic E-state index is 0.0452. The summed E-state index contributed by atoms with van der Waals surface area (Å²) < 4.78 is 37.6. The highest BCUT2D eigenvalue weighted by Gasteiger charge is 2.24. The highest BCUT2D eigenvalue weighted by atomic mass is 35.5. The zero-order valence-corrected chi connectivity index (χ0v) is 16.3. The minimum Gasteiger partial charge on any atom is -0.493 e. The zero-order valence-electron chi connectivity index (χ0n) is 14.7. The second-order valence-electron chi connectivity index (χ2n) is 5.37. The number of rotatable bonds is 7. The fourth-order valence-corrected chi connectivity index (χ4v) is 4.20. The van der Waals surface area contributed by atoms with Crippen molar-refractivity contribution in [2.24, 2.45) is 0 Å². The van der Waals surface area contributed by atoms with Crippen LogP contribution in [0.3, 0.4) is 0 Å². The highest BCUT2D eigenvalue weighted by Crippen LogP contribution is 2.29. The summed E-state index contributed by atoms with van der Waals surface area (Å²) in [4.78, 5) is 0.0452. The highest BCUT2D eigenvalue weighted by molar-refractivity contribution is 7.89. The summed E-state index contributed by atoms with van der Waals surface area (Å²) in [5.41, 5.74) is 0.987. The molecule has 0 N–H and O–H groups in total. The van der Waals surface area contributed by atoms with Crippen LogP contribution >= 0.6 is 11.6 Å². The first kappa shape index (κ1) is 20.0. The van der Waals surface area contributed by atoms with Crippen LogP contribution in [0.15, 0.2) is 41.3 Å². The van der Waals surface area contributed by atoms with E-state index in [0.717, 1.165) is 5.56 Å². The molecule has 26 heavy (non-hydrogen) atoms. The lowest BCUT2D eigenvalue weighted by atomic mass is 10.2. The Hall–Kier alpha value is -2.27. The van der Waals surface area contributed by atoms with E-state index in [1.165, 1.54) is 36.7 Å². The van der Waals surface area contributed by atoms with E-state index in [1.807, 2.05) is 6.07 Å². The van der Waals surface area contributed by atoms with E-state index >= 15 is 0 Å². The normalized spacial score (nSPS) is 11.2. The number of hydrogen-bond acceptors (Lipinski definition) is 5. The Morgan fingerprint density at radius 1 is 1.12 bits per heavy atom. The molecule has 0 aliphatic rings. The standard InChI is InChI=1S/C18H19ClN2O4S/c1-4-21(12-13-5-8-17(24-2)18(9-13)25-3)26(22,23)15-7-6-14(11-20)16(19)10-15/h5-10H,4,12H2,1-3H3. The van der Waals surface area contributed by atoms with Crippen molar-refractivity contribution in [3.05, 3.63) is 52.5 Å². The Morgan fingerprint density at radius 3 is 2.35 bits per heavy atom. The molecular weight excluding hydrogens is 376 g/mol. The van der Waals surface area contributed by atoms with E-state index in [1.54, 1.807) is 25.1 Å². The van der Waals surface area contributed by atoms with Crippen molar-refractivity contribution in [3.8, 4) is 17.6 Å². The quantitative estimate of drug-likeness (QED) is 0.718. The first-order valence-corrected chi connectivity index (χ1v) is 9.59. The monoisotopic (exact) mass is 394 g/mol. The molecule has 0 fully saturated rings. The molecule has 0 radical (unpaired) electrons. The van der Waals surface area contributed by atoms with Crippen LogP contribution in [0.4, 0.5) is 0 Å². The van der Waals surface area contributed by atoms with E-state index in [4.69, 9.17) is 26.3 Å². The van der Waals surface area contributed by atoms with Crippen LogP contribution in [0.1, 0.15) is 18.1 Å². The lowest BCUT2D eigenvalue weighted by Crippen LogP contribution is -2.30. The second-order valence-corrected chi connectivity index (χ2v) is 7.72. The Bertz CT molecular complexity index is 939. The maximum atomic E-state index is 12.9. The number of halogens is 1. The Labute approximate surface area is 158 Å². The van der Waals surface area contributed by atoms with Crippen LogP contribution in [0.2, 0.25) is 5.02 Å². The third-order valence-corrected chi connectivity index (χ3v) is 6.09. The van der Waals surface area contributed by atoms with Crippen molar-refractivity contribution in [2.45, 2.75) is 18.4 Å². The number of nitriles is 1. The maximum Gasteiger partial charge on any atom is 0.243 e. The van der Waals surface area contributed by atoms with Crippen LogP contribution in [0, 0.1) is 11.3 Å². The molecule has 0 spiro atoms. The number of benzene rings is 2. The topological polar surface area (TPSA) is 79.6 Å². The molecule has 0 atom stereocenters. The van der Waals surface area contributed by atoms with E-state index in [0.29, 0.717) is 11.5 Å². The molecule has 2 rings (SSSR count). The first-order chi connectivity index (χ1) is 12.4. The van der Waals surface area contributed by atoms with Gasteiger partial charge in [0.05, 0.1) is 29.7 Å². The SMILES string of the molecule is CCN(Cc1ccc(OC)c(OC)c1)S(=O)(=O)c1ccc(C#N)c(Cl)c1. The number of ether oxygens (including phenoxy) is 2. The summed E-state index contributed by atoms with van der Waals surface area (Å²) in [5.74, 6) is 1.10. The zero-order chi connectivity index (χ0) is 19.3. The third kappa shape index (κ3) is 4.10. The third-order valence-electron chi connectivity index (χ3n) is 3.86. The van der Waals surface area contributed by atoms with Gasteiger partial charge in [-0.2, -0.15) is 9.57 Å². The van der Waals surface area contributed by atoms with Crippen LogP contribution in [0.5, 0.6) is 11.5 Å². The molecular formula is C18H19ClN2O4S. The number of methoxy groups -OCH3 is 2. The maximum absolute atomic E-state index is 12.9. The van der Waals surface area contributed by atoms with E-state index in [2.05, 4.69) is 0 Å². The van der Waals surface area contributed by atoms with Gasteiger partial charge in [-0.15, -0.1) is 0 Å². The van der Waals surface area contributed by atoms with Gasteiger partial charge in [-0.1, -0.05) is 24.6 Å². The first-order valence-electron chi connectivity index (χ1n) is 7.78. The molecule has 0 saturated carbocycles. The van der Waals surface area contributed by atoms with Crippen molar-refractivity contribution in [3.63, 3.8) is 0 Å². The Kier molecular flexibility index (Phi) is 6.48. The number of hydrogen-bond donors (Lipinski definition) is 0. The summed E-state index contributed by atoms with van der Waals surface area (Å²) in [6, 6.07) is 11.3. The van der Waals surface area contributed by atoms with Gasteiger partial charge in [-0.3, -0.25) is 0 Å². The van der Waals surface area contributed by atoms with E-state index in [-0.39, 0.29) is 28.6 Å². The van der Waals surface area contributed by atoms with Crippen LogP contribution < -0.4 is 9.47 Å². The second kappa shape index (κ2) is 8.41. The summed E-state index contributed by atoms with van der Waals surface area (Å²) >= 11 is 5.98. The molecule has 2 aromatic carbocycles. The summed E-state index contributed by atoms with van der Waals surface area (Å²) in [5, 5.41) is 9.05. The molecule has 0 bridgehead atoms. The fourth-order valence-electron chi connectivity index (χ4n) is 2.45. The largest absolute Gasteiger partial charge is 0.493 e. The van der Waals surface area contributed by atoms with Crippen molar-refractivity contribution < 1.29 is 17.9 Å². The van der Waals surface area contributed by atoms with Gasteiger partial charge in [0.1, 0.15) is 6.07 Å². The van der Waals surface area contributed by atoms with Gasteiger partial charge in [-0.25, -0.2) is 8.42 Å². The van der Waals surface area contributed by atoms with Crippen LogP contribution in [-0.4, -0.2) is 33.5 Å². The Balaban J connectivity index is 2.35. The van der Waals surface area contributed by atoms with Gasteiger partial charge in [0.15, 0.2) is 11.5 Å². The molecule has 0 saturated heterocycles. The molecule has 0 aliphatic carbocycles. The average Bonchev–Trinajstić information content (AvgIpc) is 2.65. The van der Waals surface area contributed by atoms with Gasteiger partial charge < -0.3 is 9.47 Å². The molecule has 0 amide bonds. The van der Waals surface area contributed by atoms with Gasteiger partial charge >= 0.3 is 0 Å². The summed E-state index contributed by atoms with van der Waals surface area (Å²) in [6.45, 7) is 2.19. The smallest absolute Gasteiger partial charge is 0.243 e. The number of sulfonamides is 1. The van der Waals surface area contributed by atoms with Crippen molar-refractivity contribution in [1.29, 1.82) is 5.26 Å². The lowest BCUT2D eigenvalue weighted by Gasteiger charge is -2.21.